The van der Waals surface area contributed by atoms with Crippen molar-refractivity contribution < 1.29 is 24.9 Å². The average Bonchev–Trinajstić information content (AvgIpc) is 2.89. The van der Waals surface area contributed by atoms with Crippen LogP contribution in [0.4, 0.5) is 5.69 Å². The normalized spacial score (nSPS) is 15.3. The van der Waals surface area contributed by atoms with Crippen molar-refractivity contribution in [3.63, 3.8) is 0 Å². The van der Waals surface area contributed by atoms with Gasteiger partial charge in [-0.15, -0.1) is 0 Å². The third-order valence-corrected chi connectivity index (χ3v) is 4.55. The molecule has 0 radical (unpaired) electrons. The van der Waals surface area contributed by atoms with Gasteiger partial charge >= 0.3 is 5.97 Å². The van der Waals surface area contributed by atoms with Crippen molar-refractivity contribution >= 4 is 17.6 Å². The second-order valence-electron chi connectivity index (χ2n) is 6.06. The second kappa shape index (κ2) is 6.39. The molecule has 0 unspecified atom stereocenters. The predicted molar refractivity (Wildman–Crippen MR) is 90.2 cm³/mol. The first-order valence-corrected chi connectivity index (χ1v) is 7.90. The summed E-state index contributed by atoms with van der Waals surface area (Å²) in [6.45, 7) is 1.09. The standard InChI is InChI=1S/C17H19N3O5/c18-15(22)10-5-7-19(8-6-10)13-9-14(21)20(16(13)23)12-3-1-11(2-4-12)17(24)25/h1-4,9-10,21,23H,5-8H2,(H2,18,22)(H,24,25). The van der Waals surface area contributed by atoms with Crippen molar-refractivity contribution in [1.82, 2.24) is 4.57 Å². The lowest BCUT2D eigenvalue weighted by molar-refractivity contribution is -0.122. The molecule has 2 heterocycles. The Morgan fingerprint density at radius 3 is 2.20 bits per heavy atom. The van der Waals surface area contributed by atoms with Gasteiger partial charge in [-0.3, -0.25) is 4.79 Å². The summed E-state index contributed by atoms with van der Waals surface area (Å²) in [5.74, 6) is -1.84. The lowest BCUT2D eigenvalue weighted by Crippen LogP contribution is -2.38. The van der Waals surface area contributed by atoms with Crippen molar-refractivity contribution in [2.75, 3.05) is 18.0 Å². The molecule has 0 bridgehead atoms. The molecule has 0 atom stereocenters. The fourth-order valence-corrected chi connectivity index (χ4v) is 3.12. The van der Waals surface area contributed by atoms with Gasteiger partial charge in [0.25, 0.3) is 0 Å². The molecule has 132 valence electrons. The van der Waals surface area contributed by atoms with E-state index < -0.39 is 5.97 Å². The van der Waals surface area contributed by atoms with E-state index in [0.29, 0.717) is 37.3 Å². The van der Waals surface area contributed by atoms with E-state index in [1.165, 1.54) is 34.9 Å². The molecule has 0 aliphatic carbocycles. The Bertz CT molecular complexity index is 804. The van der Waals surface area contributed by atoms with Crippen LogP contribution in [0.1, 0.15) is 23.2 Å². The van der Waals surface area contributed by atoms with E-state index in [-0.39, 0.29) is 29.1 Å². The quantitative estimate of drug-likeness (QED) is 0.661. The first kappa shape index (κ1) is 16.7. The summed E-state index contributed by atoms with van der Waals surface area (Å²) < 4.78 is 1.24. The Labute approximate surface area is 143 Å². The fraction of sp³-hybridized carbons (Fsp3) is 0.294. The lowest BCUT2D eigenvalue weighted by atomic mass is 9.96. The van der Waals surface area contributed by atoms with Gasteiger partial charge in [-0.2, -0.15) is 0 Å². The SMILES string of the molecule is NC(=O)C1CCN(c2cc(O)n(-c3ccc(C(=O)O)cc3)c2O)CC1. The lowest BCUT2D eigenvalue weighted by Gasteiger charge is -2.31. The summed E-state index contributed by atoms with van der Waals surface area (Å²) in [4.78, 5) is 24.1. The molecule has 1 amide bonds. The van der Waals surface area contributed by atoms with E-state index in [4.69, 9.17) is 10.8 Å². The van der Waals surface area contributed by atoms with Crippen LogP contribution in [0.25, 0.3) is 5.69 Å². The van der Waals surface area contributed by atoms with E-state index in [0.717, 1.165) is 0 Å². The number of aromatic nitrogens is 1. The number of amides is 1. The van der Waals surface area contributed by atoms with Crippen LogP contribution in [-0.4, -0.2) is 44.9 Å². The number of carbonyl (C=O) groups excluding carboxylic acids is 1. The minimum Gasteiger partial charge on any atom is -0.494 e. The Hall–Kier alpha value is -3.16. The predicted octanol–water partition coefficient (Wildman–Crippen LogP) is 1.29. The summed E-state index contributed by atoms with van der Waals surface area (Å²) in [6, 6.07) is 7.26. The molecule has 8 nitrogen and oxygen atoms in total. The molecule has 1 aromatic carbocycles. The number of carboxylic acid groups (broad SMARTS) is 1. The van der Waals surface area contributed by atoms with Crippen LogP contribution < -0.4 is 10.6 Å². The molecule has 25 heavy (non-hydrogen) atoms. The number of aromatic carboxylic acids is 1. The third kappa shape index (κ3) is 3.10. The molecule has 1 aliphatic rings. The summed E-state index contributed by atoms with van der Waals surface area (Å²) in [5.41, 5.74) is 6.34. The van der Waals surface area contributed by atoms with Crippen molar-refractivity contribution in [3.05, 3.63) is 35.9 Å². The zero-order chi connectivity index (χ0) is 18.1. The van der Waals surface area contributed by atoms with Crippen LogP contribution in [0.2, 0.25) is 0 Å². The number of carbonyl (C=O) groups is 2. The monoisotopic (exact) mass is 345 g/mol. The van der Waals surface area contributed by atoms with Gasteiger partial charge in [0, 0.05) is 25.1 Å². The molecule has 0 saturated carbocycles. The highest BCUT2D eigenvalue weighted by molar-refractivity contribution is 5.87. The van der Waals surface area contributed by atoms with Crippen LogP contribution >= 0.6 is 0 Å². The number of carboxylic acids is 1. The van der Waals surface area contributed by atoms with Crippen LogP contribution in [0, 0.1) is 5.92 Å². The number of nitrogens with two attached hydrogens (primary N) is 1. The van der Waals surface area contributed by atoms with Crippen molar-refractivity contribution in [2.24, 2.45) is 11.7 Å². The van der Waals surface area contributed by atoms with E-state index >= 15 is 0 Å². The molecule has 1 aromatic heterocycles. The Balaban J connectivity index is 1.86. The van der Waals surface area contributed by atoms with Gasteiger partial charge in [0.2, 0.25) is 17.7 Å². The minimum absolute atomic E-state index is 0.114. The van der Waals surface area contributed by atoms with Crippen molar-refractivity contribution in [1.29, 1.82) is 0 Å². The molecule has 1 aliphatic heterocycles. The van der Waals surface area contributed by atoms with Crippen molar-refractivity contribution in [2.45, 2.75) is 12.8 Å². The maximum absolute atomic E-state index is 11.3. The van der Waals surface area contributed by atoms with Crippen LogP contribution in [0.5, 0.6) is 11.8 Å². The topological polar surface area (TPSA) is 129 Å². The summed E-state index contributed by atoms with van der Waals surface area (Å²) >= 11 is 0. The highest BCUT2D eigenvalue weighted by Crippen LogP contribution is 2.39. The Kier molecular flexibility index (Phi) is 4.26. The summed E-state index contributed by atoms with van der Waals surface area (Å²) in [6.07, 6.45) is 1.18. The smallest absolute Gasteiger partial charge is 0.335 e. The maximum atomic E-state index is 11.3. The number of nitrogens with zero attached hydrogens (tertiary/aromatic N) is 2. The number of hydrogen-bond acceptors (Lipinski definition) is 5. The minimum atomic E-state index is -1.05. The summed E-state index contributed by atoms with van der Waals surface area (Å²) in [7, 11) is 0. The van der Waals surface area contributed by atoms with Gasteiger partial charge in [-0.25, -0.2) is 9.36 Å². The average molecular weight is 345 g/mol. The number of piperidine rings is 1. The van der Waals surface area contributed by atoms with Crippen molar-refractivity contribution in [3.8, 4) is 17.4 Å². The van der Waals surface area contributed by atoms with Gasteiger partial charge in [-0.1, -0.05) is 0 Å². The fourth-order valence-electron chi connectivity index (χ4n) is 3.12. The van der Waals surface area contributed by atoms with Gasteiger partial charge in [0.1, 0.15) is 5.69 Å². The number of hydrogen-bond donors (Lipinski definition) is 4. The van der Waals surface area contributed by atoms with Gasteiger partial charge in [0.15, 0.2) is 0 Å². The zero-order valence-electron chi connectivity index (χ0n) is 13.4. The van der Waals surface area contributed by atoms with E-state index in [1.807, 2.05) is 4.90 Å². The van der Waals surface area contributed by atoms with Crippen LogP contribution in [-0.2, 0) is 4.79 Å². The number of rotatable bonds is 4. The molecule has 3 rings (SSSR count). The zero-order valence-corrected chi connectivity index (χ0v) is 13.4. The van der Waals surface area contributed by atoms with Crippen LogP contribution in [0.3, 0.4) is 0 Å². The third-order valence-electron chi connectivity index (χ3n) is 4.55. The molecular weight excluding hydrogens is 326 g/mol. The molecule has 2 aromatic rings. The first-order chi connectivity index (χ1) is 11.9. The second-order valence-corrected chi connectivity index (χ2v) is 6.06. The molecular formula is C17H19N3O5. The summed E-state index contributed by atoms with van der Waals surface area (Å²) in [5, 5.41) is 29.7. The van der Waals surface area contributed by atoms with E-state index in [9.17, 15) is 19.8 Å². The molecule has 8 heteroatoms. The Morgan fingerprint density at radius 1 is 1.08 bits per heavy atom. The van der Waals surface area contributed by atoms with E-state index in [2.05, 4.69) is 0 Å². The van der Waals surface area contributed by atoms with Crippen LogP contribution in [0.15, 0.2) is 30.3 Å². The highest BCUT2D eigenvalue weighted by atomic mass is 16.4. The number of anilines is 1. The first-order valence-electron chi connectivity index (χ1n) is 7.90. The number of primary amides is 1. The molecule has 1 saturated heterocycles. The molecule has 0 spiro atoms. The molecule has 5 N–H and O–H groups in total. The maximum Gasteiger partial charge on any atom is 0.335 e. The molecule has 1 fully saturated rings. The van der Waals surface area contributed by atoms with E-state index in [1.54, 1.807) is 0 Å². The highest BCUT2D eigenvalue weighted by Gasteiger charge is 2.27. The Morgan fingerprint density at radius 2 is 1.68 bits per heavy atom. The number of aromatic hydroxyl groups is 2. The van der Waals surface area contributed by atoms with Gasteiger partial charge in [-0.05, 0) is 37.1 Å². The number of benzene rings is 1. The van der Waals surface area contributed by atoms with Gasteiger partial charge < -0.3 is 26.0 Å². The van der Waals surface area contributed by atoms with Gasteiger partial charge in [0.05, 0.1) is 11.3 Å². The largest absolute Gasteiger partial charge is 0.494 e.